The summed E-state index contributed by atoms with van der Waals surface area (Å²) in [6.45, 7) is 6.02. The van der Waals surface area contributed by atoms with Crippen molar-refractivity contribution < 1.29 is 4.79 Å². The van der Waals surface area contributed by atoms with Crippen LogP contribution >= 0.6 is 11.3 Å². The highest BCUT2D eigenvalue weighted by Crippen LogP contribution is 2.38. The number of fused-ring (bicyclic) bond motifs is 1. The topological polar surface area (TPSA) is 116 Å². The highest BCUT2D eigenvalue weighted by atomic mass is 32.1. The van der Waals surface area contributed by atoms with Crippen LogP contribution in [0.25, 0.3) is 32.6 Å². The number of amides is 2. The lowest BCUT2D eigenvalue weighted by atomic mass is 10.0. The summed E-state index contributed by atoms with van der Waals surface area (Å²) in [5.74, 6) is 0.691. The molecule has 0 fully saturated rings. The summed E-state index contributed by atoms with van der Waals surface area (Å²) in [6.07, 6.45) is 3.54. The van der Waals surface area contributed by atoms with Crippen LogP contribution < -0.4 is 10.6 Å². The van der Waals surface area contributed by atoms with Crippen molar-refractivity contribution >= 4 is 32.7 Å². The maximum absolute atomic E-state index is 12.0. The molecule has 0 saturated heterocycles. The van der Waals surface area contributed by atoms with Gasteiger partial charge < -0.3 is 5.32 Å². The Morgan fingerprint density at radius 1 is 1.13 bits per heavy atom. The Labute approximate surface area is 183 Å². The SMILES string of the molecule is CCNC(=O)Nc1nc2cc(-c3cnc(C)nc3)cc(-c3ccc(C#N)c(C)n3)c2s1. The Bertz CT molecular complexity index is 1320. The molecule has 4 rings (SSSR count). The van der Waals surface area contributed by atoms with Gasteiger partial charge in [0.1, 0.15) is 11.9 Å². The molecular weight excluding hydrogens is 410 g/mol. The van der Waals surface area contributed by atoms with Crippen LogP contribution in [-0.2, 0) is 0 Å². The van der Waals surface area contributed by atoms with Gasteiger partial charge in [-0.25, -0.2) is 19.7 Å². The molecule has 0 aliphatic carbocycles. The van der Waals surface area contributed by atoms with Gasteiger partial charge in [0.2, 0.25) is 0 Å². The van der Waals surface area contributed by atoms with Gasteiger partial charge in [-0.2, -0.15) is 5.26 Å². The lowest BCUT2D eigenvalue weighted by molar-refractivity contribution is 0.252. The maximum Gasteiger partial charge on any atom is 0.321 e. The summed E-state index contributed by atoms with van der Waals surface area (Å²) in [7, 11) is 0. The fourth-order valence-electron chi connectivity index (χ4n) is 3.12. The quantitative estimate of drug-likeness (QED) is 0.495. The van der Waals surface area contributed by atoms with E-state index in [9.17, 15) is 10.1 Å². The summed E-state index contributed by atoms with van der Waals surface area (Å²) in [5, 5.41) is 15.2. The summed E-state index contributed by atoms with van der Waals surface area (Å²) >= 11 is 1.38. The Hall–Kier alpha value is -3.90. The number of aromatic nitrogens is 4. The molecular formula is C22H19N7OS. The van der Waals surface area contributed by atoms with Crippen molar-refractivity contribution in [3.8, 4) is 28.5 Å². The van der Waals surface area contributed by atoms with E-state index in [0.717, 1.165) is 32.6 Å². The summed E-state index contributed by atoms with van der Waals surface area (Å²) in [5.41, 5.74) is 5.25. The minimum absolute atomic E-state index is 0.303. The van der Waals surface area contributed by atoms with Crippen LogP contribution in [0.1, 0.15) is 24.0 Å². The van der Waals surface area contributed by atoms with E-state index in [0.29, 0.717) is 28.8 Å². The minimum atomic E-state index is -0.303. The number of nitrogens with one attached hydrogen (secondary N) is 2. The summed E-state index contributed by atoms with van der Waals surface area (Å²) in [4.78, 5) is 29.8. The second-order valence-electron chi connectivity index (χ2n) is 6.84. The molecule has 0 spiro atoms. The van der Waals surface area contributed by atoms with Crippen molar-refractivity contribution in [1.29, 1.82) is 5.26 Å². The van der Waals surface area contributed by atoms with Crippen molar-refractivity contribution in [1.82, 2.24) is 25.3 Å². The van der Waals surface area contributed by atoms with E-state index in [4.69, 9.17) is 0 Å². The molecule has 3 heterocycles. The zero-order chi connectivity index (χ0) is 22.0. The van der Waals surface area contributed by atoms with Crippen LogP contribution in [0.15, 0.2) is 36.7 Å². The first-order chi connectivity index (χ1) is 15.0. The van der Waals surface area contributed by atoms with Crippen LogP contribution in [0.5, 0.6) is 0 Å². The molecule has 0 atom stereocenters. The van der Waals surface area contributed by atoms with Gasteiger partial charge in [0.15, 0.2) is 5.13 Å². The van der Waals surface area contributed by atoms with Gasteiger partial charge in [0.05, 0.1) is 27.2 Å². The fourth-order valence-corrected chi connectivity index (χ4v) is 4.08. The molecule has 0 radical (unpaired) electrons. The number of carbonyl (C=O) groups excluding carboxylic acids is 1. The van der Waals surface area contributed by atoms with Gasteiger partial charge in [0.25, 0.3) is 0 Å². The monoisotopic (exact) mass is 429 g/mol. The van der Waals surface area contributed by atoms with Gasteiger partial charge in [-0.15, -0.1) is 0 Å². The number of urea groups is 1. The zero-order valence-electron chi connectivity index (χ0n) is 17.2. The molecule has 0 saturated carbocycles. The van der Waals surface area contributed by atoms with Crippen LogP contribution in [-0.4, -0.2) is 32.5 Å². The number of benzene rings is 1. The van der Waals surface area contributed by atoms with Gasteiger partial charge >= 0.3 is 6.03 Å². The third-order valence-electron chi connectivity index (χ3n) is 4.64. The second-order valence-corrected chi connectivity index (χ2v) is 7.83. The van der Waals surface area contributed by atoms with E-state index in [2.05, 4.69) is 36.6 Å². The second kappa shape index (κ2) is 8.45. The van der Waals surface area contributed by atoms with Crippen LogP contribution in [0, 0.1) is 25.2 Å². The number of anilines is 1. The molecule has 154 valence electrons. The van der Waals surface area contributed by atoms with Crippen molar-refractivity contribution in [2.24, 2.45) is 0 Å². The lowest BCUT2D eigenvalue weighted by Crippen LogP contribution is -2.28. The van der Waals surface area contributed by atoms with Gasteiger partial charge in [-0.1, -0.05) is 11.3 Å². The highest BCUT2D eigenvalue weighted by Gasteiger charge is 2.16. The molecule has 0 aliphatic heterocycles. The molecule has 31 heavy (non-hydrogen) atoms. The largest absolute Gasteiger partial charge is 0.338 e. The molecule has 9 heteroatoms. The average molecular weight is 430 g/mol. The molecule has 2 amide bonds. The van der Waals surface area contributed by atoms with Crippen LogP contribution in [0.2, 0.25) is 0 Å². The highest BCUT2D eigenvalue weighted by molar-refractivity contribution is 7.22. The molecule has 4 aromatic rings. The normalized spacial score (nSPS) is 10.6. The van der Waals surface area contributed by atoms with Crippen molar-refractivity contribution in [3.05, 3.63) is 53.7 Å². The minimum Gasteiger partial charge on any atom is -0.338 e. The number of hydrogen-bond donors (Lipinski definition) is 2. The van der Waals surface area contributed by atoms with Gasteiger partial charge in [0, 0.05) is 30.1 Å². The van der Waals surface area contributed by atoms with E-state index in [1.807, 2.05) is 39.0 Å². The fraction of sp³-hybridized carbons (Fsp3) is 0.182. The van der Waals surface area contributed by atoms with Crippen molar-refractivity contribution in [3.63, 3.8) is 0 Å². The number of nitrogens with zero attached hydrogens (tertiary/aromatic N) is 5. The lowest BCUT2D eigenvalue weighted by Gasteiger charge is -2.08. The predicted octanol–water partition coefficient (Wildman–Crippen LogP) is 4.45. The van der Waals surface area contributed by atoms with Crippen LogP contribution in [0.3, 0.4) is 0 Å². The molecule has 0 bridgehead atoms. The number of pyridine rings is 1. The van der Waals surface area contributed by atoms with Crippen LogP contribution in [0.4, 0.5) is 9.93 Å². The Kier molecular flexibility index (Phi) is 5.56. The van der Waals surface area contributed by atoms with E-state index in [1.165, 1.54) is 11.3 Å². The summed E-state index contributed by atoms with van der Waals surface area (Å²) in [6, 6.07) is 9.39. The molecule has 0 aliphatic rings. The number of thiazole rings is 1. The number of rotatable bonds is 4. The molecule has 2 N–H and O–H groups in total. The maximum atomic E-state index is 12.0. The predicted molar refractivity (Wildman–Crippen MR) is 121 cm³/mol. The Morgan fingerprint density at radius 3 is 2.58 bits per heavy atom. The number of aryl methyl sites for hydroxylation is 2. The Morgan fingerprint density at radius 2 is 1.90 bits per heavy atom. The van der Waals surface area contributed by atoms with Crippen molar-refractivity contribution in [2.75, 3.05) is 11.9 Å². The van der Waals surface area contributed by atoms with E-state index in [-0.39, 0.29) is 6.03 Å². The van der Waals surface area contributed by atoms with Crippen molar-refractivity contribution in [2.45, 2.75) is 20.8 Å². The molecule has 8 nitrogen and oxygen atoms in total. The third-order valence-corrected chi connectivity index (χ3v) is 5.66. The standard InChI is InChI=1S/C22H19N7OS/c1-4-24-21(30)29-22-28-19-8-15(16-10-25-13(3)26-11-16)7-17(20(19)31-22)18-6-5-14(9-23)12(2)27-18/h5-8,10-11H,4H2,1-3H3,(H2,24,28,29,30). The first-order valence-electron chi connectivity index (χ1n) is 9.65. The number of hydrogen-bond acceptors (Lipinski definition) is 7. The number of nitriles is 1. The van der Waals surface area contributed by atoms with Gasteiger partial charge in [-0.3, -0.25) is 10.3 Å². The Balaban J connectivity index is 1.89. The summed E-state index contributed by atoms with van der Waals surface area (Å²) < 4.78 is 0.889. The average Bonchev–Trinajstić information content (AvgIpc) is 3.15. The first kappa shape index (κ1) is 20.4. The smallest absolute Gasteiger partial charge is 0.321 e. The van der Waals surface area contributed by atoms with E-state index in [1.54, 1.807) is 18.5 Å². The molecule has 0 unspecified atom stereocenters. The zero-order valence-corrected chi connectivity index (χ0v) is 18.0. The van der Waals surface area contributed by atoms with E-state index < -0.39 is 0 Å². The van der Waals surface area contributed by atoms with E-state index >= 15 is 0 Å². The third kappa shape index (κ3) is 4.20. The molecule has 1 aromatic carbocycles. The number of carbonyl (C=O) groups is 1. The molecule has 3 aromatic heterocycles. The first-order valence-corrected chi connectivity index (χ1v) is 10.5. The van der Waals surface area contributed by atoms with Gasteiger partial charge in [-0.05, 0) is 50.6 Å².